The molecular formula is C44H26OS2. The van der Waals surface area contributed by atoms with Crippen LogP contribution < -0.4 is 0 Å². The van der Waals surface area contributed by atoms with Crippen molar-refractivity contribution in [1.82, 2.24) is 0 Å². The van der Waals surface area contributed by atoms with Crippen LogP contribution in [0.2, 0.25) is 0 Å². The van der Waals surface area contributed by atoms with E-state index in [2.05, 4.69) is 158 Å². The van der Waals surface area contributed by atoms with E-state index in [4.69, 9.17) is 3.63 Å². The van der Waals surface area contributed by atoms with Gasteiger partial charge in [0.1, 0.15) is 0 Å². The molecule has 0 N–H and O–H groups in total. The van der Waals surface area contributed by atoms with E-state index in [1.165, 1.54) is 110 Å². The Morgan fingerprint density at radius 2 is 0.574 bits per heavy atom. The molecule has 0 aromatic heterocycles. The van der Waals surface area contributed by atoms with Gasteiger partial charge in [0.25, 0.3) is 0 Å². The first-order valence-electron chi connectivity index (χ1n) is 15.8. The van der Waals surface area contributed by atoms with E-state index in [1.54, 1.807) is 0 Å². The fourth-order valence-corrected chi connectivity index (χ4v) is 8.75. The van der Waals surface area contributed by atoms with Gasteiger partial charge in [-0.1, -0.05) is 97.1 Å². The predicted molar refractivity (Wildman–Crippen MR) is 206 cm³/mol. The lowest BCUT2D eigenvalue weighted by Crippen LogP contribution is -1.84. The first-order valence-corrected chi connectivity index (χ1v) is 17.3. The fraction of sp³-hybridized carbons (Fsp3) is 0. The zero-order valence-electron chi connectivity index (χ0n) is 25.2. The Labute approximate surface area is 280 Å². The molecule has 220 valence electrons. The van der Waals surface area contributed by atoms with E-state index in [1.807, 2.05) is 0 Å². The largest absolute Gasteiger partial charge is 0.237 e. The summed E-state index contributed by atoms with van der Waals surface area (Å²) in [5, 5.41) is 20.0. The summed E-state index contributed by atoms with van der Waals surface area (Å²) in [4.78, 5) is 2.22. The average Bonchev–Trinajstić information content (AvgIpc) is 3.12. The van der Waals surface area contributed by atoms with Gasteiger partial charge in [-0.25, -0.2) is 3.63 Å². The summed E-state index contributed by atoms with van der Waals surface area (Å²) in [6.45, 7) is 0. The summed E-state index contributed by atoms with van der Waals surface area (Å²) in [5.41, 5.74) is 0. The molecule has 0 aliphatic heterocycles. The van der Waals surface area contributed by atoms with Gasteiger partial charge in [-0.3, -0.25) is 0 Å². The van der Waals surface area contributed by atoms with Gasteiger partial charge < -0.3 is 0 Å². The van der Waals surface area contributed by atoms with Crippen molar-refractivity contribution in [3.05, 3.63) is 158 Å². The van der Waals surface area contributed by atoms with Crippen LogP contribution in [0.1, 0.15) is 0 Å². The molecule has 0 saturated carbocycles. The van der Waals surface area contributed by atoms with E-state index in [0.717, 1.165) is 9.79 Å². The number of hydrogen-bond acceptors (Lipinski definition) is 3. The number of hydrogen-bond donors (Lipinski definition) is 0. The minimum Gasteiger partial charge on any atom is -0.237 e. The summed E-state index contributed by atoms with van der Waals surface area (Å²) < 4.78 is 6.37. The Hall–Kier alpha value is -5.06. The first kappa shape index (κ1) is 27.1. The molecule has 0 amide bonds. The standard InChI is InChI=1S/C44H26OS2/c1-3-9-29-23-37-33(19-27(29)7-1)15-17-35-21-31-11-5-13-43(41(31)25-39(35)37)46-45-47-44-14-6-12-32-22-36-18-16-34-20-28-8-2-4-10-30(28)24-38(34)40(36)26-42(32)44/h1-26H. The first-order chi connectivity index (χ1) is 23.2. The molecular weight excluding hydrogens is 609 g/mol. The maximum Gasteiger partial charge on any atom is 0.0454 e. The van der Waals surface area contributed by atoms with E-state index >= 15 is 0 Å². The van der Waals surface area contributed by atoms with Crippen LogP contribution in [0.25, 0.3) is 86.2 Å². The molecule has 47 heavy (non-hydrogen) atoms. The van der Waals surface area contributed by atoms with Crippen LogP contribution in [0.5, 0.6) is 0 Å². The van der Waals surface area contributed by atoms with E-state index in [-0.39, 0.29) is 0 Å². The van der Waals surface area contributed by atoms with Crippen molar-refractivity contribution in [3.63, 3.8) is 0 Å². The molecule has 10 aromatic rings. The highest BCUT2D eigenvalue weighted by Gasteiger charge is 2.12. The van der Waals surface area contributed by atoms with E-state index in [9.17, 15) is 0 Å². The third kappa shape index (κ3) is 4.54. The van der Waals surface area contributed by atoms with Gasteiger partial charge in [-0.15, -0.1) is 0 Å². The Kier molecular flexibility index (Phi) is 6.20. The topological polar surface area (TPSA) is 9.23 Å². The second-order valence-corrected chi connectivity index (χ2v) is 14.1. The van der Waals surface area contributed by atoms with Crippen molar-refractivity contribution >= 4 is 110 Å². The van der Waals surface area contributed by atoms with Gasteiger partial charge in [-0.05, 0) is 147 Å². The smallest absolute Gasteiger partial charge is 0.0454 e. The van der Waals surface area contributed by atoms with Crippen molar-refractivity contribution in [1.29, 1.82) is 0 Å². The second-order valence-electron chi connectivity index (χ2n) is 12.3. The Balaban J connectivity index is 1.03. The van der Waals surface area contributed by atoms with Gasteiger partial charge >= 0.3 is 0 Å². The lowest BCUT2D eigenvalue weighted by molar-refractivity contribution is 0.759. The van der Waals surface area contributed by atoms with Crippen molar-refractivity contribution in [2.24, 2.45) is 0 Å². The van der Waals surface area contributed by atoms with Crippen LogP contribution in [-0.4, -0.2) is 0 Å². The van der Waals surface area contributed by atoms with Crippen molar-refractivity contribution in [2.45, 2.75) is 9.79 Å². The van der Waals surface area contributed by atoms with Crippen LogP contribution in [0, 0.1) is 0 Å². The van der Waals surface area contributed by atoms with Gasteiger partial charge in [-0.2, -0.15) is 0 Å². The van der Waals surface area contributed by atoms with E-state index in [0.29, 0.717) is 0 Å². The Morgan fingerprint density at radius 3 is 1.00 bits per heavy atom. The van der Waals surface area contributed by atoms with Gasteiger partial charge in [0.05, 0.1) is 0 Å². The lowest BCUT2D eigenvalue weighted by atomic mass is 9.96. The Bertz CT molecular complexity index is 2690. The molecule has 0 aliphatic carbocycles. The molecule has 0 aliphatic rings. The van der Waals surface area contributed by atoms with Crippen molar-refractivity contribution in [2.75, 3.05) is 0 Å². The highest BCUT2D eigenvalue weighted by molar-refractivity contribution is 8.08. The van der Waals surface area contributed by atoms with Crippen molar-refractivity contribution < 1.29 is 3.63 Å². The van der Waals surface area contributed by atoms with Gasteiger partial charge in [0.15, 0.2) is 0 Å². The average molecular weight is 635 g/mol. The third-order valence-electron chi connectivity index (χ3n) is 9.57. The van der Waals surface area contributed by atoms with Gasteiger partial charge in [0.2, 0.25) is 0 Å². The zero-order chi connectivity index (χ0) is 30.9. The molecule has 0 heterocycles. The summed E-state index contributed by atoms with van der Waals surface area (Å²) in [7, 11) is 0. The monoisotopic (exact) mass is 634 g/mol. The van der Waals surface area contributed by atoms with Crippen LogP contribution in [0.15, 0.2) is 168 Å². The second kappa shape index (κ2) is 10.8. The maximum atomic E-state index is 6.37. The van der Waals surface area contributed by atoms with Gasteiger partial charge in [0, 0.05) is 33.9 Å². The normalized spacial score (nSPS) is 12.1. The van der Waals surface area contributed by atoms with Crippen LogP contribution in [-0.2, 0) is 3.63 Å². The molecule has 0 saturated heterocycles. The lowest BCUT2D eigenvalue weighted by Gasteiger charge is -2.12. The SMILES string of the molecule is c1ccc2cc3c(ccc4cc5cccc(SOSc6cccc7cc8ccc9cc%10ccccc%10cc9c8cc67)c5cc43)cc2c1. The zero-order valence-corrected chi connectivity index (χ0v) is 26.9. The molecule has 0 atom stereocenters. The number of fused-ring (bicyclic) bond motifs is 10. The number of benzene rings is 10. The number of rotatable bonds is 4. The molecule has 10 aromatic carbocycles. The molecule has 1 nitrogen and oxygen atoms in total. The Morgan fingerprint density at radius 1 is 0.255 bits per heavy atom. The van der Waals surface area contributed by atoms with Crippen LogP contribution >= 0.6 is 24.1 Å². The molecule has 0 spiro atoms. The van der Waals surface area contributed by atoms with Crippen molar-refractivity contribution in [3.8, 4) is 0 Å². The molecule has 0 radical (unpaired) electrons. The third-order valence-corrected chi connectivity index (χ3v) is 11.2. The van der Waals surface area contributed by atoms with Crippen LogP contribution in [0.4, 0.5) is 0 Å². The van der Waals surface area contributed by atoms with Crippen LogP contribution in [0.3, 0.4) is 0 Å². The highest BCUT2D eigenvalue weighted by Crippen LogP contribution is 2.41. The molecule has 0 bridgehead atoms. The molecule has 10 rings (SSSR count). The fourth-order valence-electron chi connectivity index (χ4n) is 7.22. The maximum absolute atomic E-state index is 6.37. The summed E-state index contributed by atoms with van der Waals surface area (Å²) in [6.07, 6.45) is 0. The minimum absolute atomic E-state index is 1.11. The molecule has 0 fully saturated rings. The predicted octanol–water partition coefficient (Wildman–Crippen LogP) is 13.6. The summed E-state index contributed by atoms with van der Waals surface area (Å²) in [6, 6.07) is 57.7. The minimum atomic E-state index is 1.11. The van der Waals surface area contributed by atoms with E-state index < -0.39 is 0 Å². The summed E-state index contributed by atoms with van der Waals surface area (Å²) in [5.74, 6) is 0. The summed E-state index contributed by atoms with van der Waals surface area (Å²) >= 11 is 2.88. The molecule has 3 heteroatoms. The highest BCUT2D eigenvalue weighted by atomic mass is 32.2. The molecule has 0 unspecified atom stereocenters. The quantitative estimate of drug-likeness (QED) is 0.108.